The second kappa shape index (κ2) is 51.7. The molecule has 1 amide bonds. The van der Waals surface area contributed by atoms with Gasteiger partial charge >= 0.3 is 5.97 Å². The van der Waals surface area contributed by atoms with E-state index in [1.807, 2.05) is 6.08 Å². The van der Waals surface area contributed by atoms with E-state index in [9.17, 15) is 19.8 Å². The van der Waals surface area contributed by atoms with Crippen LogP contribution in [0.1, 0.15) is 284 Å². The Kier molecular flexibility index (Phi) is 50.1. The molecule has 2 unspecified atom stereocenters. The lowest BCUT2D eigenvalue weighted by atomic mass is 10.0. The van der Waals surface area contributed by atoms with Crippen molar-refractivity contribution in [3.8, 4) is 0 Å². The highest BCUT2D eigenvalue weighted by Gasteiger charge is 2.18. The first-order valence-electron chi connectivity index (χ1n) is 27.3. The number of carbonyl (C=O) groups excluding carboxylic acids is 2. The van der Waals surface area contributed by atoms with Crippen LogP contribution in [-0.4, -0.2) is 47.4 Å². The van der Waals surface area contributed by atoms with Crippen LogP contribution in [0.25, 0.3) is 0 Å². The normalized spacial score (nSPS) is 12.9. The highest BCUT2D eigenvalue weighted by molar-refractivity contribution is 5.76. The number of nitrogens with one attached hydrogen (secondary N) is 1. The zero-order valence-corrected chi connectivity index (χ0v) is 41.4. The molecule has 0 rings (SSSR count). The van der Waals surface area contributed by atoms with Crippen molar-refractivity contribution in [1.29, 1.82) is 0 Å². The third-order valence-electron chi connectivity index (χ3n) is 12.4. The highest BCUT2D eigenvalue weighted by Crippen LogP contribution is 2.16. The largest absolute Gasteiger partial charge is 0.466 e. The van der Waals surface area contributed by atoms with Crippen molar-refractivity contribution in [2.45, 2.75) is 296 Å². The fraction of sp³-hybridized carbons (Fsp3) is 0.857. The molecule has 0 aromatic heterocycles. The number of hydrogen-bond donors (Lipinski definition) is 3. The first-order chi connectivity index (χ1) is 30.5. The van der Waals surface area contributed by atoms with Crippen molar-refractivity contribution in [3.05, 3.63) is 36.5 Å². The SMILES string of the molecule is CCC/C=C\C/C=C\CCCCCCCC(=O)OCCCCCCCCCCCCCCCCC(=O)NC(CO)C(O)/C=C/CCCCCCCCCCCCCCCCCC. The Morgan fingerprint density at radius 3 is 1.29 bits per heavy atom. The van der Waals surface area contributed by atoms with E-state index >= 15 is 0 Å². The van der Waals surface area contributed by atoms with E-state index in [0.717, 1.165) is 70.6 Å². The molecule has 0 radical (unpaired) electrons. The van der Waals surface area contributed by atoms with Crippen LogP contribution in [0.4, 0.5) is 0 Å². The number of carbonyl (C=O) groups is 2. The number of ether oxygens (including phenoxy) is 1. The lowest BCUT2D eigenvalue weighted by molar-refractivity contribution is -0.143. The maximum absolute atomic E-state index is 12.5. The van der Waals surface area contributed by atoms with Crippen LogP contribution in [-0.2, 0) is 14.3 Å². The molecule has 0 aliphatic carbocycles. The molecule has 6 heteroatoms. The molecule has 0 fully saturated rings. The zero-order chi connectivity index (χ0) is 45.1. The number of allylic oxidation sites excluding steroid dienone is 5. The summed E-state index contributed by atoms with van der Waals surface area (Å²) in [5.41, 5.74) is 0. The van der Waals surface area contributed by atoms with E-state index in [2.05, 4.69) is 43.5 Å². The summed E-state index contributed by atoms with van der Waals surface area (Å²) in [6.45, 7) is 4.82. The molecule has 0 heterocycles. The lowest BCUT2D eigenvalue weighted by Gasteiger charge is -2.20. The van der Waals surface area contributed by atoms with Crippen LogP contribution >= 0.6 is 0 Å². The van der Waals surface area contributed by atoms with Gasteiger partial charge in [0, 0.05) is 12.8 Å². The summed E-state index contributed by atoms with van der Waals surface area (Å²) in [4.78, 5) is 24.5. The van der Waals surface area contributed by atoms with Crippen molar-refractivity contribution in [3.63, 3.8) is 0 Å². The predicted octanol–water partition coefficient (Wildman–Crippen LogP) is 16.5. The number of aliphatic hydroxyl groups excluding tert-OH is 2. The topological polar surface area (TPSA) is 95.9 Å². The minimum atomic E-state index is -0.852. The average molecular weight is 872 g/mol. The Labute approximate surface area is 385 Å². The van der Waals surface area contributed by atoms with E-state index in [4.69, 9.17) is 4.74 Å². The van der Waals surface area contributed by atoms with E-state index in [1.54, 1.807) is 6.08 Å². The van der Waals surface area contributed by atoms with Crippen molar-refractivity contribution in [2.24, 2.45) is 0 Å². The van der Waals surface area contributed by atoms with Gasteiger partial charge in [0.2, 0.25) is 5.91 Å². The summed E-state index contributed by atoms with van der Waals surface area (Å²) in [7, 11) is 0. The van der Waals surface area contributed by atoms with Crippen LogP contribution in [0.3, 0.4) is 0 Å². The third-order valence-corrected chi connectivity index (χ3v) is 12.4. The molecule has 62 heavy (non-hydrogen) atoms. The number of unbranched alkanes of at least 4 members (excludes halogenated alkanes) is 35. The summed E-state index contributed by atoms with van der Waals surface area (Å²) in [5.74, 6) is -0.0972. The molecule has 0 spiro atoms. The Morgan fingerprint density at radius 1 is 0.452 bits per heavy atom. The van der Waals surface area contributed by atoms with Crippen LogP contribution in [0.15, 0.2) is 36.5 Å². The van der Waals surface area contributed by atoms with Gasteiger partial charge in [0.1, 0.15) is 0 Å². The molecule has 0 saturated carbocycles. The molecule has 0 aromatic carbocycles. The molecule has 0 aliphatic heterocycles. The first-order valence-corrected chi connectivity index (χ1v) is 27.3. The van der Waals surface area contributed by atoms with Crippen LogP contribution in [0.5, 0.6) is 0 Å². The smallest absolute Gasteiger partial charge is 0.305 e. The second-order valence-corrected chi connectivity index (χ2v) is 18.6. The van der Waals surface area contributed by atoms with E-state index in [-0.39, 0.29) is 18.5 Å². The monoisotopic (exact) mass is 872 g/mol. The fourth-order valence-corrected chi connectivity index (χ4v) is 8.20. The van der Waals surface area contributed by atoms with Gasteiger partial charge in [-0.3, -0.25) is 9.59 Å². The maximum Gasteiger partial charge on any atom is 0.305 e. The minimum Gasteiger partial charge on any atom is -0.466 e. The summed E-state index contributed by atoms with van der Waals surface area (Å²) in [6, 6.07) is -0.637. The quantitative estimate of drug-likeness (QED) is 0.0321. The van der Waals surface area contributed by atoms with E-state index in [0.29, 0.717) is 19.4 Å². The summed E-state index contributed by atoms with van der Waals surface area (Å²) < 4.78 is 5.45. The Bertz CT molecular complexity index is 1010. The Balaban J connectivity index is 3.49. The minimum absolute atomic E-state index is 0.0190. The lowest BCUT2D eigenvalue weighted by Crippen LogP contribution is -2.45. The Morgan fingerprint density at radius 2 is 0.839 bits per heavy atom. The van der Waals surface area contributed by atoms with E-state index < -0.39 is 12.1 Å². The van der Waals surface area contributed by atoms with Crippen LogP contribution < -0.4 is 5.32 Å². The van der Waals surface area contributed by atoms with Crippen molar-refractivity contribution < 1.29 is 24.5 Å². The van der Waals surface area contributed by atoms with Crippen molar-refractivity contribution in [1.82, 2.24) is 5.32 Å². The molecule has 2 atom stereocenters. The molecule has 6 nitrogen and oxygen atoms in total. The Hall–Kier alpha value is -1.92. The van der Waals surface area contributed by atoms with Gasteiger partial charge in [-0.15, -0.1) is 0 Å². The van der Waals surface area contributed by atoms with Gasteiger partial charge in [0.25, 0.3) is 0 Å². The summed E-state index contributed by atoms with van der Waals surface area (Å²) in [6.07, 6.45) is 62.9. The summed E-state index contributed by atoms with van der Waals surface area (Å²) >= 11 is 0. The van der Waals surface area contributed by atoms with Gasteiger partial charge in [-0.1, -0.05) is 249 Å². The highest BCUT2D eigenvalue weighted by atomic mass is 16.5. The molecule has 0 bridgehead atoms. The molecular formula is C56H105NO5. The van der Waals surface area contributed by atoms with Gasteiger partial charge < -0.3 is 20.3 Å². The van der Waals surface area contributed by atoms with Gasteiger partial charge in [-0.05, 0) is 57.8 Å². The first kappa shape index (κ1) is 60.1. The second-order valence-electron chi connectivity index (χ2n) is 18.6. The molecule has 364 valence electrons. The number of aliphatic hydroxyl groups is 2. The fourth-order valence-electron chi connectivity index (χ4n) is 8.20. The van der Waals surface area contributed by atoms with Crippen molar-refractivity contribution in [2.75, 3.05) is 13.2 Å². The maximum atomic E-state index is 12.5. The predicted molar refractivity (Wildman–Crippen MR) is 269 cm³/mol. The van der Waals surface area contributed by atoms with Gasteiger partial charge in [0.15, 0.2) is 0 Å². The summed E-state index contributed by atoms with van der Waals surface area (Å²) in [5, 5.41) is 23.1. The molecule has 0 aliphatic rings. The van der Waals surface area contributed by atoms with Gasteiger partial charge in [-0.2, -0.15) is 0 Å². The molecule has 0 aromatic rings. The number of amides is 1. The number of rotatable bonds is 50. The van der Waals surface area contributed by atoms with Crippen molar-refractivity contribution >= 4 is 11.9 Å². The van der Waals surface area contributed by atoms with Crippen LogP contribution in [0.2, 0.25) is 0 Å². The van der Waals surface area contributed by atoms with E-state index in [1.165, 1.54) is 186 Å². The third kappa shape index (κ3) is 47.6. The zero-order valence-electron chi connectivity index (χ0n) is 41.4. The van der Waals surface area contributed by atoms with Gasteiger partial charge in [0.05, 0.1) is 25.4 Å². The number of hydrogen-bond acceptors (Lipinski definition) is 5. The standard InChI is InChI=1S/C56H105NO5/c1-3-5-7-9-11-13-15-17-18-19-20-21-25-28-32-36-40-44-48-54(59)53(52-58)57-55(60)49-45-41-37-33-29-26-22-23-27-31-35-39-43-47-51-62-56(61)50-46-42-38-34-30-24-16-14-12-10-8-6-4-2/h8,10,14,16,44,48,53-54,58-59H,3-7,9,11-13,15,17-43,45-47,49-52H2,1-2H3,(H,57,60)/b10-8-,16-14-,48-44+. The molecule has 3 N–H and O–H groups in total. The number of esters is 1. The average Bonchev–Trinajstić information content (AvgIpc) is 3.27. The molecular weight excluding hydrogens is 767 g/mol. The van der Waals surface area contributed by atoms with Crippen LogP contribution in [0, 0.1) is 0 Å². The molecule has 0 saturated heterocycles. The van der Waals surface area contributed by atoms with Gasteiger partial charge in [-0.25, -0.2) is 0 Å².